The third-order valence-electron chi connectivity index (χ3n) is 5.73. The van der Waals surface area contributed by atoms with E-state index < -0.39 is 0 Å². The lowest BCUT2D eigenvalue weighted by Gasteiger charge is -2.63. The van der Waals surface area contributed by atoms with Gasteiger partial charge in [0.15, 0.2) is 0 Å². The number of ether oxygens (including phenoxy) is 1. The van der Waals surface area contributed by atoms with Crippen LogP contribution < -0.4 is 10.2 Å². The summed E-state index contributed by atoms with van der Waals surface area (Å²) in [6.45, 7) is 0.963. The Labute approximate surface area is 121 Å². The maximum Gasteiger partial charge on any atom is 0.0699 e. The molecule has 2 saturated carbocycles. The molecule has 0 bridgehead atoms. The minimum Gasteiger partial charge on any atom is -0.380 e. The van der Waals surface area contributed by atoms with Crippen molar-refractivity contribution in [1.29, 1.82) is 0 Å². The lowest BCUT2D eigenvalue weighted by atomic mass is 9.46. The molecule has 3 fully saturated rings. The van der Waals surface area contributed by atoms with E-state index in [0.717, 1.165) is 12.5 Å². The summed E-state index contributed by atoms with van der Waals surface area (Å²) in [6, 6.07) is 9.26. The SMILES string of the molecule is CN(C)c1ccccc1N[C@@H]1[C@H]2CCO[C@H]2C12CCC2. The summed E-state index contributed by atoms with van der Waals surface area (Å²) in [4.78, 5) is 2.19. The molecule has 108 valence electrons. The van der Waals surface area contributed by atoms with E-state index in [1.54, 1.807) is 0 Å². The van der Waals surface area contributed by atoms with Crippen LogP contribution in [-0.2, 0) is 4.74 Å². The fraction of sp³-hybridized carbons (Fsp3) is 0.647. The Morgan fingerprint density at radius 1 is 1.25 bits per heavy atom. The van der Waals surface area contributed by atoms with Crippen molar-refractivity contribution in [3.8, 4) is 0 Å². The van der Waals surface area contributed by atoms with Crippen LogP contribution in [0.4, 0.5) is 11.4 Å². The van der Waals surface area contributed by atoms with Crippen LogP contribution in [-0.4, -0.2) is 32.8 Å². The first-order valence-corrected chi connectivity index (χ1v) is 7.87. The van der Waals surface area contributed by atoms with Crippen LogP contribution >= 0.6 is 0 Å². The number of hydrogen-bond donors (Lipinski definition) is 1. The lowest BCUT2D eigenvalue weighted by Crippen LogP contribution is -2.68. The second kappa shape index (κ2) is 4.39. The molecule has 4 rings (SSSR count). The first-order chi connectivity index (χ1) is 9.72. The molecule has 0 radical (unpaired) electrons. The third kappa shape index (κ3) is 1.56. The summed E-state index contributed by atoms with van der Waals surface area (Å²) in [5.41, 5.74) is 3.00. The topological polar surface area (TPSA) is 24.5 Å². The Bertz CT molecular complexity index is 509. The summed E-state index contributed by atoms with van der Waals surface area (Å²) in [7, 11) is 4.23. The van der Waals surface area contributed by atoms with Gasteiger partial charge in [-0.2, -0.15) is 0 Å². The van der Waals surface area contributed by atoms with Crippen LogP contribution in [0.5, 0.6) is 0 Å². The van der Waals surface area contributed by atoms with E-state index in [-0.39, 0.29) is 0 Å². The molecule has 1 heterocycles. The monoisotopic (exact) mass is 272 g/mol. The van der Waals surface area contributed by atoms with Crippen molar-refractivity contribution >= 4 is 11.4 Å². The van der Waals surface area contributed by atoms with E-state index in [9.17, 15) is 0 Å². The van der Waals surface area contributed by atoms with Gasteiger partial charge in [0.05, 0.1) is 17.5 Å². The predicted octanol–water partition coefficient (Wildman–Crippen LogP) is 3.12. The van der Waals surface area contributed by atoms with Gasteiger partial charge in [-0.15, -0.1) is 0 Å². The van der Waals surface area contributed by atoms with Gasteiger partial charge in [-0.25, -0.2) is 0 Å². The van der Waals surface area contributed by atoms with Crippen molar-refractivity contribution in [2.45, 2.75) is 37.8 Å². The maximum atomic E-state index is 6.00. The van der Waals surface area contributed by atoms with Gasteiger partial charge < -0.3 is 15.0 Å². The molecule has 1 aromatic carbocycles. The largest absolute Gasteiger partial charge is 0.380 e. The molecule has 3 atom stereocenters. The number of nitrogens with zero attached hydrogens (tertiary/aromatic N) is 1. The zero-order valence-electron chi connectivity index (χ0n) is 12.4. The molecule has 1 N–H and O–H groups in total. The van der Waals surface area contributed by atoms with Crippen LogP contribution in [0.25, 0.3) is 0 Å². The molecule has 1 aromatic rings. The Morgan fingerprint density at radius 2 is 2.05 bits per heavy atom. The summed E-state index contributed by atoms with van der Waals surface area (Å²) >= 11 is 0. The van der Waals surface area contributed by atoms with Crippen LogP contribution in [0.2, 0.25) is 0 Å². The van der Waals surface area contributed by atoms with Crippen LogP contribution in [0, 0.1) is 11.3 Å². The van der Waals surface area contributed by atoms with Gasteiger partial charge in [0.25, 0.3) is 0 Å². The minimum atomic E-state index is 0.445. The van der Waals surface area contributed by atoms with Crippen molar-refractivity contribution in [2.75, 3.05) is 30.9 Å². The number of hydrogen-bond acceptors (Lipinski definition) is 3. The average Bonchev–Trinajstić information content (AvgIpc) is 2.80. The highest BCUT2D eigenvalue weighted by Gasteiger charge is 2.66. The van der Waals surface area contributed by atoms with Crippen molar-refractivity contribution in [3.05, 3.63) is 24.3 Å². The van der Waals surface area contributed by atoms with E-state index in [1.165, 1.54) is 37.1 Å². The zero-order chi connectivity index (χ0) is 13.7. The van der Waals surface area contributed by atoms with Gasteiger partial charge >= 0.3 is 0 Å². The van der Waals surface area contributed by atoms with E-state index in [2.05, 4.69) is 48.6 Å². The Hall–Kier alpha value is -1.22. The quantitative estimate of drug-likeness (QED) is 0.915. The molecule has 20 heavy (non-hydrogen) atoms. The van der Waals surface area contributed by atoms with E-state index >= 15 is 0 Å². The molecule has 3 aliphatic rings. The Morgan fingerprint density at radius 3 is 2.75 bits per heavy atom. The fourth-order valence-electron chi connectivity index (χ4n) is 4.61. The smallest absolute Gasteiger partial charge is 0.0699 e. The molecule has 1 saturated heterocycles. The summed E-state index contributed by atoms with van der Waals surface area (Å²) in [6.07, 6.45) is 5.83. The first kappa shape index (κ1) is 12.5. The van der Waals surface area contributed by atoms with E-state index in [4.69, 9.17) is 4.74 Å². The molecular formula is C17H24N2O. The van der Waals surface area contributed by atoms with Gasteiger partial charge in [0.2, 0.25) is 0 Å². The van der Waals surface area contributed by atoms with Crippen LogP contribution in [0.3, 0.4) is 0 Å². The summed E-state index contributed by atoms with van der Waals surface area (Å²) < 4.78 is 6.00. The second-order valence-corrected chi connectivity index (χ2v) is 6.86. The van der Waals surface area contributed by atoms with E-state index in [0.29, 0.717) is 17.6 Å². The fourth-order valence-corrected chi connectivity index (χ4v) is 4.61. The van der Waals surface area contributed by atoms with Crippen LogP contribution in [0.15, 0.2) is 24.3 Å². The molecule has 2 aliphatic carbocycles. The molecule has 3 heteroatoms. The average molecular weight is 272 g/mol. The second-order valence-electron chi connectivity index (χ2n) is 6.86. The normalized spacial score (nSPS) is 33.2. The number of rotatable bonds is 3. The first-order valence-electron chi connectivity index (χ1n) is 7.87. The third-order valence-corrected chi connectivity index (χ3v) is 5.73. The van der Waals surface area contributed by atoms with Gasteiger partial charge in [0, 0.05) is 38.1 Å². The highest BCUT2D eigenvalue weighted by Crippen LogP contribution is 2.63. The highest BCUT2D eigenvalue weighted by atomic mass is 16.5. The van der Waals surface area contributed by atoms with Crippen molar-refractivity contribution in [1.82, 2.24) is 0 Å². The standard InChI is InChI=1S/C17H24N2O/c1-19(2)14-7-4-3-6-13(14)18-15-12-8-11-20-16(12)17(15)9-5-10-17/h3-4,6-7,12,15-16,18H,5,8-11H2,1-2H3/t12-,15-,16-/m1/s1. The number of fused-ring (bicyclic) bond motifs is 2. The molecular weight excluding hydrogens is 248 g/mol. The summed E-state index contributed by atoms with van der Waals surface area (Å²) in [5.74, 6) is 0.727. The molecule has 0 unspecified atom stereocenters. The van der Waals surface area contributed by atoms with Crippen molar-refractivity contribution in [2.24, 2.45) is 11.3 Å². The predicted molar refractivity (Wildman–Crippen MR) is 82.3 cm³/mol. The summed E-state index contributed by atoms with van der Waals surface area (Å²) in [5, 5.41) is 3.87. The lowest BCUT2D eigenvalue weighted by molar-refractivity contribution is -0.158. The number of benzene rings is 1. The maximum absolute atomic E-state index is 6.00. The van der Waals surface area contributed by atoms with Gasteiger partial charge in [-0.3, -0.25) is 0 Å². The van der Waals surface area contributed by atoms with Gasteiger partial charge in [-0.1, -0.05) is 18.6 Å². The van der Waals surface area contributed by atoms with Gasteiger partial charge in [0.1, 0.15) is 0 Å². The molecule has 0 amide bonds. The van der Waals surface area contributed by atoms with Crippen LogP contribution in [0.1, 0.15) is 25.7 Å². The number of nitrogens with one attached hydrogen (secondary N) is 1. The molecule has 3 nitrogen and oxygen atoms in total. The Kier molecular flexibility index (Phi) is 2.75. The minimum absolute atomic E-state index is 0.445. The number of para-hydroxylation sites is 2. The molecule has 1 spiro atoms. The Balaban J connectivity index is 1.60. The van der Waals surface area contributed by atoms with Gasteiger partial charge in [-0.05, 0) is 31.4 Å². The van der Waals surface area contributed by atoms with Crippen molar-refractivity contribution < 1.29 is 4.74 Å². The highest BCUT2D eigenvalue weighted by molar-refractivity contribution is 5.70. The molecule has 1 aliphatic heterocycles. The zero-order valence-corrected chi connectivity index (χ0v) is 12.4. The molecule has 0 aromatic heterocycles. The number of anilines is 2. The van der Waals surface area contributed by atoms with Crippen molar-refractivity contribution in [3.63, 3.8) is 0 Å². The van der Waals surface area contributed by atoms with E-state index in [1.807, 2.05) is 0 Å².